The van der Waals surface area contributed by atoms with E-state index in [0.29, 0.717) is 48.4 Å². The topological polar surface area (TPSA) is 104 Å². The second-order valence-electron chi connectivity index (χ2n) is 9.37. The lowest BCUT2D eigenvalue weighted by atomic mass is 9.98. The number of hydrogen-bond acceptors (Lipinski definition) is 6. The molecule has 5 rings (SSSR count). The van der Waals surface area contributed by atoms with Gasteiger partial charge in [0.1, 0.15) is 6.07 Å². The molecule has 1 aromatic carbocycles. The van der Waals surface area contributed by atoms with Gasteiger partial charge in [0, 0.05) is 24.8 Å². The van der Waals surface area contributed by atoms with Crippen LogP contribution in [-0.2, 0) is 9.47 Å². The lowest BCUT2D eigenvalue weighted by Crippen LogP contribution is -2.29. The lowest BCUT2D eigenvalue weighted by Gasteiger charge is -2.31. The number of nitriles is 2. The van der Waals surface area contributed by atoms with Gasteiger partial charge in [-0.05, 0) is 63.1 Å². The minimum Gasteiger partial charge on any atom is -0.436 e. The molecule has 1 aliphatic carbocycles. The summed E-state index contributed by atoms with van der Waals surface area (Å²) in [4.78, 5) is 19.1. The summed E-state index contributed by atoms with van der Waals surface area (Å²) in [5, 5.41) is 19.5. The standard InChI is InChI=1S/C25H27N5O3/c1-15-3-4-18(11-26)10-20(15)23-21(12-27)28-24(30(23)19-7-8-32-16(2)9-19)22-14-29(25(31)33-22)13-17-5-6-17/h3-4,10,16-17,19,22H,5-9,13-14H2,1-2H3/t16-,19?,22-/m1/s1. The summed E-state index contributed by atoms with van der Waals surface area (Å²) in [7, 11) is 0. The molecule has 170 valence electrons. The zero-order chi connectivity index (χ0) is 23.1. The first-order chi connectivity index (χ1) is 16.0. The van der Waals surface area contributed by atoms with Gasteiger partial charge in [0.25, 0.3) is 0 Å². The van der Waals surface area contributed by atoms with Gasteiger partial charge in [-0.15, -0.1) is 0 Å². The summed E-state index contributed by atoms with van der Waals surface area (Å²) in [5.74, 6) is 1.17. The number of amides is 1. The molecule has 3 aliphatic rings. The number of ether oxygens (including phenoxy) is 2. The Bertz CT molecular complexity index is 1170. The fraction of sp³-hybridized carbons (Fsp3) is 0.520. The van der Waals surface area contributed by atoms with E-state index in [1.54, 1.807) is 11.0 Å². The highest BCUT2D eigenvalue weighted by molar-refractivity contribution is 5.72. The van der Waals surface area contributed by atoms with E-state index in [2.05, 4.69) is 16.7 Å². The van der Waals surface area contributed by atoms with Crippen molar-refractivity contribution < 1.29 is 14.3 Å². The van der Waals surface area contributed by atoms with E-state index < -0.39 is 6.10 Å². The van der Waals surface area contributed by atoms with Crippen LogP contribution in [0.25, 0.3) is 11.3 Å². The van der Waals surface area contributed by atoms with E-state index in [1.807, 2.05) is 26.0 Å². The second kappa shape index (κ2) is 8.53. The molecule has 8 nitrogen and oxygen atoms in total. The Morgan fingerprint density at radius 3 is 2.73 bits per heavy atom. The van der Waals surface area contributed by atoms with Crippen molar-refractivity contribution in [1.82, 2.24) is 14.5 Å². The summed E-state index contributed by atoms with van der Waals surface area (Å²) >= 11 is 0. The Morgan fingerprint density at radius 2 is 2.03 bits per heavy atom. The summed E-state index contributed by atoms with van der Waals surface area (Å²) < 4.78 is 13.7. The minimum absolute atomic E-state index is 0.0506. The fourth-order valence-electron chi connectivity index (χ4n) is 4.94. The summed E-state index contributed by atoms with van der Waals surface area (Å²) in [6.07, 6.45) is 3.07. The smallest absolute Gasteiger partial charge is 0.410 e. The van der Waals surface area contributed by atoms with Crippen molar-refractivity contribution in [2.75, 3.05) is 19.7 Å². The monoisotopic (exact) mass is 445 g/mol. The van der Waals surface area contributed by atoms with Crippen LogP contribution in [0, 0.1) is 35.5 Å². The van der Waals surface area contributed by atoms with Gasteiger partial charge in [-0.1, -0.05) is 6.07 Å². The van der Waals surface area contributed by atoms with Gasteiger partial charge in [-0.25, -0.2) is 9.78 Å². The van der Waals surface area contributed by atoms with Crippen LogP contribution in [0.1, 0.15) is 67.4 Å². The van der Waals surface area contributed by atoms with E-state index in [0.717, 1.165) is 36.8 Å². The number of carbonyl (C=O) groups excluding carboxylic acids is 1. The highest BCUT2D eigenvalue weighted by Gasteiger charge is 2.40. The molecule has 1 saturated carbocycles. The molecule has 3 heterocycles. The lowest BCUT2D eigenvalue weighted by molar-refractivity contribution is 0.00449. The average molecular weight is 446 g/mol. The maximum Gasteiger partial charge on any atom is 0.410 e. The normalized spacial score (nSPS) is 24.9. The number of nitrogens with zero attached hydrogens (tertiary/aromatic N) is 5. The van der Waals surface area contributed by atoms with Crippen molar-refractivity contribution in [1.29, 1.82) is 10.5 Å². The van der Waals surface area contributed by atoms with Gasteiger partial charge >= 0.3 is 6.09 Å². The third kappa shape index (κ3) is 4.07. The van der Waals surface area contributed by atoms with E-state index >= 15 is 0 Å². The van der Waals surface area contributed by atoms with Crippen LogP contribution in [0.3, 0.4) is 0 Å². The maximum absolute atomic E-state index is 12.6. The van der Waals surface area contributed by atoms with Crippen molar-refractivity contribution in [3.8, 4) is 23.4 Å². The molecule has 3 atom stereocenters. The quantitative estimate of drug-likeness (QED) is 0.682. The van der Waals surface area contributed by atoms with Gasteiger partial charge in [-0.3, -0.25) is 0 Å². The highest BCUT2D eigenvalue weighted by Crippen LogP contribution is 2.40. The third-order valence-corrected chi connectivity index (χ3v) is 6.84. The molecule has 3 fully saturated rings. The minimum atomic E-state index is -0.533. The molecule has 1 amide bonds. The first kappa shape index (κ1) is 21.5. The Balaban J connectivity index is 1.63. The Labute approximate surface area is 193 Å². The van der Waals surface area contributed by atoms with Crippen molar-refractivity contribution >= 4 is 6.09 Å². The number of imidazole rings is 1. The number of cyclic esters (lactones) is 1. The molecule has 1 unspecified atom stereocenters. The highest BCUT2D eigenvalue weighted by atomic mass is 16.6. The van der Waals surface area contributed by atoms with Gasteiger partial charge in [0.15, 0.2) is 17.6 Å². The Kier molecular flexibility index (Phi) is 5.55. The Hall–Kier alpha value is -3.36. The molecular formula is C25H27N5O3. The number of carbonyl (C=O) groups is 1. The van der Waals surface area contributed by atoms with Crippen LogP contribution in [0.2, 0.25) is 0 Å². The molecule has 0 radical (unpaired) electrons. The van der Waals surface area contributed by atoms with Crippen molar-refractivity contribution in [2.45, 2.75) is 57.8 Å². The molecule has 8 heteroatoms. The number of hydrogen-bond donors (Lipinski definition) is 0. The van der Waals surface area contributed by atoms with Gasteiger partial charge in [-0.2, -0.15) is 10.5 Å². The fourth-order valence-corrected chi connectivity index (χ4v) is 4.94. The van der Waals surface area contributed by atoms with Crippen molar-refractivity contribution in [2.24, 2.45) is 5.92 Å². The predicted molar refractivity (Wildman–Crippen MR) is 119 cm³/mol. The van der Waals surface area contributed by atoms with E-state index in [4.69, 9.17) is 14.5 Å². The van der Waals surface area contributed by atoms with Crippen LogP contribution in [0.4, 0.5) is 4.79 Å². The van der Waals surface area contributed by atoms with E-state index in [1.165, 1.54) is 0 Å². The van der Waals surface area contributed by atoms with Gasteiger partial charge < -0.3 is 18.9 Å². The molecular weight excluding hydrogens is 418 g/mol. The number of rotatable bonds is 5. The van der Waals surface area contributed by atoms with E-state index in [-0.39, 0.29) is 18.2 Å². The van der Waals surface area contributed by atoms with Crippen LogP contribution in [-0.4, -0.2) is 46.3 Å². The molecule has 0 spiro atoms. The van der Waals surface area contributed by atoms with Gasteiger partial charge in [0.05, 0.1) is 30.0 Å². The zero-order valence-electron chi connectivity index (χ0n) is 19.0. The summed E-state index contributed by atoms with van der Waals surface area (Å²) in [5.41, 5.74) is 3.27. The Morgan fingerprint density at radius 1 is 1.21 bits per heavy atom. The molecule has 0 bridgehead atoms. The van der Waals surface area contributed by atoms with E-state index in [9.17, 15) is 15.3 Å². The molecule has 2 aliphatic heterocycles. The van der Waals surface area contributed by atoms with Crippen LogP contribution in [0.15, 0.2) is 18.2 Å². The molecule has 2 aromatic rings. The first-order valence-corrected chi connectivity index (χ1v) is 11.6. The van der Waals surface area contributed by atoms with Crippen molar-refractivity contribution in [3.63, 3.8) is 0 Å². The van der Waals surface area contributed by atoms with Gasteiger partial charge in [0.2, 0.25) is 0 Å². The number of benzene rings is 1. The summed E-state index contributed by atoms with van der Waals surface area (Å²) in [6, 6.07) is 9.99. The molecule has 2 saturated heterocycles. The SMILES string of the molecule is Cc1ccc(C#N)cc1-c1c(C#N)nc([C@H]2CN(CC3CC3)C(=O)O2)n1C1CCO[C@H](C)C1. The molecule has 33 heavy (non-hydrogen) atoms. The molecule has 0 N–H and O–H groups in total. The van der Waals surface area contributed by atoms with Crippen LogP contribution in [0.5, 0.6) is 0 Å². The maximum atomic E-state index is 12.6. The molecule has 1 aromatic heterocycles. The number of aryl methyl sites for hydroxylation is 1. The average Bonchev–Trinajstić information content (AvgIpc) is 3.44. The first-order valence-electron chi connectivity index (χ1n) is 11.6. The number of aromatic nitrogens is 2. The largest absolute Gasteiger partial charge is 0.436 e. The zero-order valence-corrected chi connectivity index (χ0v) is 19.0. The summed E-state index contributed by atoms with van der Waals surface area (Å²) in [6.45, 7) is 5.77. The van der Waals surface area contributed by atoms with Crippen LogP contribution >= 0.6 is 0 Å². The second-order valence-corrected chi connectivity index (χ2v) is 9.37. The van der Waals surface area contributed by atoms with Crippen LogP contribution < -0.4 is 0 Å². The predicted octanol–water partition coefficient (Wildman–Crippen LogP) is 4.25. The van der Waals surface area contributed by atoms with Crippen molar-refractivity contribution in [3.05, 3.63) is 40.8 Å². The third-order valence-electron chi connectivity index (χ3n) is 6.84.